The van der Waals surface area contributed by atoms with Gasteiger partial charge in [0.1, 0.15) is 0 Å². The average Bonchev–Trinajstić information content (AvgIpc) is 2.67. The first-order valence-corrected chi connectivity index (χ1v) is 5.14. The first-order chi connectivity index (χ1) is 9.11. The molecule has 0 aromatic heterocycles. The molecule has 1 heterocycles. The van der Waals surface area contributed by atoms with Crippen molar-refractivity contribution in [3.63, 3.8) is 0 Å². The molecule has 0 fully saturated rings. The van der Waals surface area contributed by atoms with Crippen molar-refractivity contribution in [3.05, 3.63) is 29.3 Å². The number of benzene rings is 1. The summed E-state index contributed by atoms with van der Waals surface area (Å²) in [5, 5.41) is 9.77. The second kappa shape index (κ2) is 5.59. The van der Waals surface area contributed by atoms with Crippen molar-refractivity contribution >= 4 is 23.5 Å². The van der Waals surface area contributed by atoms with E-state index in [-0.39, 0.29) is 5.91 Å². The molecule has 0 aliphatic carbocycles. The summed E-state index contributed by atoms with van der Waals surface area (Å²) in [6.45, 7) is 0. The van der Waals surface area contributed by atoms with Crippen molar-refractivity contribution in [1.82, 2.24) is 0 Å². The number of carboxylic acid groups (broad SMARTS) is 1. The van der Waals surface area contributed by atoms with Gasteiger partial charge in [-0.2, -0.15) is 13.2 Å². The molecule has 4 N–H and O–H groups in total. The highest BCUT2D eigenvalue weighted by Crippen LogP contribution is 2.23. The lowest BCUT2D eigenvalue weighted by atomic mass is 10.1. The number of rotatable bonds is 1. The SMILES string of the molecule is NC(=O)c1ccc2c(c1)NC(=O)C2.O=C(O)C(F)(F)F. The maximum absolute atomic E-state index is 11.0. The van der Waals surface area contributed by atoms with E-state index in [0.29, 0.717) is 17.7 Å². The molecule has 0 atom stereocenters. The molecule has 0 unspecified atom stereocenters. The Labute approximate surface area is 110 Å². The fourth-order valence-corrected chi connectivity index (χ4v) is 1.37. The predicted octanol–water partition coefficient (Wildman–Crippen LogP) is 0.913. The minimum Gasteiger partial charge on any atom is -0.475 e. The predicted molar refractivity (Wildman–Crippen MR) is 61.0 cm³/mol. The zero-order valence-corrected chi connectivity index (χ0v) is 9.82. The Morgan fingerprint density at radius 3 is 2.30 bits per heavy atom. The number of halogens is 3. The summed E-state index contributed by atoms with van der Waals surface area (Å²) in [5.74, 6) is -3.28. The second-order valence-electron chi connectivity index (χ2n) is 3.76. The molecule has 0 saturated carbocycles. The number of alkyl halides is 3. The van der Waals surface area contributed by atoms with Crippen LogP contribution in [-0.4, -0.2) is 29.1 Å². The molecule has 0 bridgehead atoms. The molecule has 6 nitrogen and oxygen atoms in total. The molecule has 1 aliphatic rings. The van der Waals surface area contributed by atoms with Gasteiger partial charge in [-0.25, -0.2) is 4.79 Å². The number of amides is 2. The van der Waals surface area contributed by atoms with Crippen LogP contribution in [0.15, 0.2) is 18.2 Å². The van der Waals surface area contributed by atoms with E-state index >= 15 is 0 Å². The highest BCUT2D eigenvalue weighted by atomic mass is 19.4. The maximum Gasteiger partial charge on any atom is 0.490 e. The van der Waals surface area contributed by atoms with Crippen LogP contribution in [0, 0.1) is 0 Å². The molecule has 20 heavy (non-hydrogen) atoms. The van der Waals surface area contributed by atoms with Crippen LogP contribution in [0.2, 0.25) is 0 Å². The summed E-state index contributed by atoms with van der Waals surface area (Å²) in [6.07, 6.45) is -4.70. The number of carboxylic acids is 1. The van der Waals surface area contributed by atoms with Crippen LogP contribution in [-0.2, 0) is 16.0 Å². The lowest BCUT2D eigenvalue weighted by Crippen LogP contribution is -2.21. The van der Waals surface area contributed by atoms with E-state index in [1.807, 2.05) is 0 Å². The number of nitrogens with two attached hydrogens (primary N) is 1. The van der Waals surface area contributed by atoms with Crippen molar-refractivity contribution in [3.8, 4) is 0 Å². The van der Waals surface area contributed by atoms with Gasteiger partial charge in [0.05, 0.1) is 6.42 Å². The first kappa shape index (κ1) is 15.5. The second-order valence-corrected chi connectivity index (χ2v) is 3.76. The molecule has 1 aromatic carbocycles. The monoisotopic (exact) mass is 290 g/mol. The van der Waals surface area contributed by atoms with Crippen LogP contribution in [0.4, 0.5) is 18.9 Å². The van der Waals surface area contributed by atoms with Crippen LogP contribution < -0.4 is 11.1 Å². The third-order valence-corrected chi connectivity index (χ3v) is 2.26. The van der Waals surface area contributed by atoms with Gasteiger partial charge in [0.2, 0.25) is 11.8 Å². The average molecular weight is 290 g/mol. The third kappa shape index (κ3) is 3.97. The Hall–Kier alpha value is -2.58. The Balaban J connectivity index is 0.000000246. The number of nitrogens with one attached hydrogen (secondary N) is 1. The van der Waals surface area contributed by atoms with E-state index in [0.717, 1.165) is 5.56 Å². The van der Waals surface area contributed by atoms with Crippen LogP contribution >= 0.6 is 0 Å². The molecular formula is C11H9F3N2O4. The Morgan fingerprint density at radius 1 is 1.30 bits per heavy atom. The topological polar surface area (TPSA) is 109 Å². The van der Waals surface area contributed by atoms with E-state index in [4.69, 9.17) is 15.6 Å². The summed E-state index contributed by atoms with van der Waals surface area (Å²) < 4.78 is 31.7. The number of aliphatic carboxylic acids is 1. The third-order valence-electron chi connectivity index (χ3n) is 2.26. The molecule has 0 saturated heterocycles. The van der Waals surface area contributed by atoms with E-state index in [1.165, 1.54) is 0 Å². The summed E-state index contributed by atoms with van der Waals surface area (Å²) >= 11 is 0. The van der Waals surface area contributed by atoms with Gasteiger partial charge in [0.25, 0.3) is 0 Å². The van der Waals surface area contributed by atoms with E-state index in [1.54, 1.807) is 18.2 Å². The summed E-state index contributed by atoms with van der Waals surface area (Å²) in [5.41, 5.74) is 7.12. The van der Waals surface area contributed by atoms with E-state index < -0.39 is 18.1 Å². The highest BCUT2D eigenvalue weighted by molar-refractivity contribution is 6.01. The summed E-state index contributed by atoms with van der Waals surface area (Å²) in [6, 6.07) is 4.97. The van der Waals surface area contributed by atoms with Crippen molar-refractivity contribution in [2.24, 2.45) is 5.73 Å². The Morgan fingerprint density at radius 2 is 1.85 bits per heavy atom. The summed E-state index contributed by atoms with van der Waals surface area (Å²) in [4.78, 5) is 30.6. The standard InChI is InChI=1S/C9H8N2O2.C2HF3O2/c10-9(13)6-2-1-5-4-8(12)11-7(5)3-6;3-2(4,5)1(6)7/h1-3H,4H2,(H2,10,13)(H,11,12);(H,6,7). The van der Waals surface area contributed by atoms with Gasteiger partial charge in [-0.1, -0.05) is 6.07 Å². The number of carbonyl (C=O) groups excluding carboxylic acids is 2. The van der Waals surface area contributed by atoms with Crippen molar-refractivity contribution in [2.45, 2.75) is 12.6 Å². The van der Waals surface area contributed by atoms with Gasteiger partial charge < -0.3 is 16.2 Å². The van der Waals surface area contributed by atoms with Crippen LogP contribution in [0.25, 0.3) is 0 Å². The minimum absolute atomic E-state index is 0.0448. The minimum atomic E-state index is -5.08. The molecule has 1 aromatic rings. The molecule has 0 spiro atoms. The number of fused-ring (bicyclic) bond motifs is 1. The molecule has 1 aliphatic heterocycles. The van der Waals surface area contributed by atoms with Crippen LogP contribution in [0.1, 0.15) is 15.9 Å². The fraction of sp³-hybridized carbons (Fsp3) is 0.182. The zero-order valence-electron chi connectivity index (χ0n) is 9.82. The van der Waals surface area contributed by atoms with Crippen LogP contribution in [0.3, 0.4) is 0 Å². The molecule has 9 heteroatoms. The number of carbonyl (C=O) groups is 3. The maximum atomic E-state index is 11.0. The summed E-state index contributed by atoms with van der Waals surface area (Å²) in [7, 11) is 0. The molecule has 2 amide bonds. The van der Waals surface area contributed by atoms with Crippen LogP contribution in [0.5, 0.6) is 0 Å². The van der Waals surface area contributed by atoms with Crippen molar-refractivity contribution in [2.75, 3.05) is 5.32 Å². The Bertz CT molecular complexity index is 569. The smallest absolute Gasteiger partial charge is 0.475 e. The lowest BCUT2D eigenvalue weighted by Gasteiger charge is -1.99. The van der Waals surface area contributed by atoms with Gasteiger partial charge in [0.15, 0.2) is 0 Å². The first-order valence-electron chi connectivity index (χ1n) is 5.14. The highest BCUT2D eigenvalue weighted by Gasteiger charge is 2.38. The quantitative estimate of drug-likeness (QED) is 0.714. The Kier molecular flexibility index (Phi) is 4.33. The van der Waals surface area contributed by atoms with Crippen molar-refractivity contribution < 1.29 is 32.7 Å². The molecule has 2 rings (SSSR count). The molecular weight excluding hydrogens is 281 g/mol. The largest absolute Gasteiger partial charge is 0.490 e. The van der Waals surface area contributed by atoms with E-state index in [2.05, 4.69) is 5.32 Å². The van der Waals surface area contributed by atoms with Gasteiger partial charge in [-0.15, -0.1) is 0 Å². The van der Waals surface area contributed by atoms with Crippen molar-refractivity contribution in [1.29, 1.82) is 0 Å². The number of hydrogen-bond acceptors (Lipinski definition) is 3. The fourth-order valence-electron chi connectivity index (χ4n) is 1.37. The number of hydrogen-bond donors (Lipinski definition) is 3. The number of anilines is 1. The van der Waals surface area contributed by atoms with Gasteiger partial charge in [-0.3, -0.25) is 9.59 Å². The number of primary amides is 1. The van der Waals surface area contributed by atoms with Gasteiger partial charge in [-0.05, 0) is 17.7 Å². The van der Waals surface area contributed by atoms with E-state index in [9.17, 15) is 22.8 Å². The molecule has 0 radical (unpaired) electrons. The molecule has 108 valence electrons. The van der Waals surface area contributed by atoms with Gasteiger partial charge in [0, 0.05) is 11.3 Å². The lowest BCUT2D eigenvalue weighted by molar-refractivity contribution is -0.192. The zero-order chi connectivity index (χ0) is 15.5. The van der Waals surface area contributed by atoms with Gasteiger partial charge >= 0.3 is 12.1 Å². The normalized spacial score (nSPS) is 12.8.